The Kier molecular flexibility index (Phi) is 8.15. The Hall–Kier alpha value is -7.75. The van der Waals surface area contributed by atoms with Gasteiger partial charge in [-0.25, -0.2) is 9.97 Å². The number of hydrogen-bond acceptors (Lipinski definition) is 3. The van der Waals surface area contributed by atoms with E-state index in [2.05, 4.69) is 182 Å². The summed E-state index contributed by atoms with van der Waals surface area (Å²) in [6.07, 6.45) is 1.84. The highest BCUT2D eigenvalue weighted by Crippen LogP contribution is 2.47. The zero-order chi connectivity index (χ0) is 38.4. The predicted octanol–water partition coefficient (Wildman–Crippen LogP) is 14.5. The summed E-state index contributed by atoms with van der Waals surface area (Å²) in [6, 6.07) is 73.3. The Labute approximate surface area is 336 Å². The van der Waals surface area contributed by atoms with Gasteiger partial charge in [0.2, 0.25) is 0 Å². The van der Waals surface area contributed by atoms with Crippen molar-refractivity contribution in [2.75, 3.05) is 0 Å². The fourth-order valence-corrected chi connectivity index (χ4v) is 8.73. The zero-order valence-corrected chi connectivity index (χ0v) is 31.5. The second-order valence-corrected chi connectivity index (χ2v) is 14.7. The topological polar surface area (TPSA) is 38.7 Å². The van der Waals surface area contributed by atoms with Gasteiger partial charge in [-0.05, 0) is 95.7 Å². The molecule has 3 heteroatoms. The van der Waals surface area contributed by atoms with Crippen LogP contribution in [0, 0.1) is 0 Å². The van der Waals surface area contributed by atoms with Gasteiger partial charge in [0, 0.05) is 28.5 Å². The van der Waals surface area contributed by atoms with E-state index in [0.29, 0.717) is 5.82 Å². The van der Waals surface area contributed by atoms with Crippen LogP contribution in [0.3, 0.4) is 0 Å². The van der Waals surface area contributed by atoms with Crippen LogP contribution in [0.4, 0.5) is 0 Å². The van der Waals surface area contributed by atoms with Crippen molar-refractivity contribution in [3.05, 3.63) is 212 Å². The lowest BCUT2D eigenvalue weighted by Gasteiger charge is -2.20. The van der Waals surface area contributed by atoms with E-state index < -0.39 is 0 Å². The Morgan fingerprint density at radius 1 is 0.276 bits per heavy atom. The van der Waals surface area contributed by atoms with Crippen molar-refractivity contribution in [3.8, 4) is 67.4 Å². The highest BCUT2D eigenvalue weighted by Gasteiger charge is 2.20. The molecule has 3 nitrogen and oxygen atoms in total. The van der Waals surface area contributed by atoms with Gasteiger partial charge in [-0.3, -0.25) is 4.98 Å². The molecule has 0 aliphatic heterocycles. The van der Waals surface area contributed by atoms with Crippen LogP contribution in [0.15, 0.2) is 212 Å². The zero-order valence-electron chi connectivity index (χ0n) is 31.5. The van der Waals surface area contributed by atoms with Crippen molar-refractivity contribution in [2.45, 2.75) is 0 Å². The molecule has 0 amide bonds. The molecule has 2 heterocycles. The summed E-state index contributed by atoms with van der Waals surface area (Å²) in [6.45, 7) is 0. The molecule has 0 fully saturated rings. The molecule has 0 aliphatic rings. The summed E-state index contributed by atoms with van der Waals surface area (Å²) < 4.78 is 0. The molecule has 0 spiro atoms. The monoisotopic (exact) mass is 737 g/mol. The van der Waals surface area contributed by atoms with Crippen LogP contribution >= 0.6 is 0 Å². The number of nitrogens with zero attached hydrogens (tertiary/aromatic N) is 3. The predicted molar refractivity (Wildman–Crippen MR) is 242 cm³/mol. The van der Waals surface area contributed by atoms with E-state index in [-0.39, 0.29) is 0 Å². The third kappa shape index (κ3) is 5.72. The Morgan fingerprint density at radius 3 is 1.52 bits per heavy atom. The molecule has 0 unspecified atom stereocenters. The molecule has 0 bridgehead atoms. The maximum absolute atomic E-state index is 5.31. The number of pyridine rings is 1. The second kappa shape index (κ2) is 14.1. The standard InChI is InChI=1S/C55H35N3/c1-2-17-36(18-3-1)51-35-52(44-26-9-8-25-43(44)50-31-14-15-32-56-50)58-55(57-51)39-21-16-20-38(33-39)53-45-27-10-12-29-47(45)54(48-30-13-11-28-46(48)53)49-34-37-19-4-5-22-40(37)41-23-6-7-24-42(41)49/h1-35H. The molecule has 0 radical (unpaired) electrons. The molecule has 0 aliphatic carbocycles. The van der Waals surface area contributed by atoms with Crippen molar-refractivity contribution >= 4 is 43.1 Å². The fraction of sp³-hybridized carbons (Fsp3) is 0. The van der Waals surface area contributed by atoms with Gasteiger partial charge < -0.3 is 0 Å². The van der Waals surface area contributed by atoms with E-state index in [1.165, 1.54) is 59.8 Å². The number of hydrogen-bond donors (Lipinski definition) is 0. The molecule has 11 aromatic rings. The van der Waals surface area contributed by atoms with Crippen LogP contribution in [-0.4, -0.2) is 15.0 Å². The molecular weight excluding hydrogens is 703 g/mol. The van der Waals surface area contributed by atoms with Crippen LogP contribution in [0.25, 0.3) is 111 Å². The first-order valence-corrected chi connectivity index (χ1v) is 19.7. The smallest absolute Gasteiger partial charge is 0.160 e. The van der Waals surface area contributed by atoms with Gasteiger partial charge in [0.15, 0.2) is 5.82 Å². The molecule has 2 aromatic heterocycles. The molecular formula is C55H35N3. The van der Waals surface area contributed by atoms with Crippen molar-refractivity contribution in [1.29, 1.82) is 0 Å². The van der Waals surface area contributed by atoms with E-state index >= 15 is 0 Å². The molecule has 11 rings (SSSR count). The summed E-state index contributed by atoms with van der Waals surface area (Å²) >= 11 is 0. The minimum atomic E-state index is 0.668. The average molecular weight is 738 g/mol. The van der Waals surface area contributed by atoms with E-state index in [0.717, 1.165) is 44.9 Å². The Bertz CT molecular complexity index is 3280. The first kappa shape index (κ1) is 33.6. The number of aromatic nitrogens is 3. The summed E-state index contributed by atoms with van der Waals surface area (Å²) in [5, 5.41) is 9.87. The normalized spacial score (nSPS) is 11.4. The van der Waals surface area contributed by atoms with Crippen LogP contribution in [0.1, 0.15) is 0 Å². The largest absolute Gasteiger partial charge is 0.256 e. The van der Waals surface area contributed by atoms with Gasteiger partial charge in [0.1, 0.15) is 0 Å². The molecule has 0 N–H and O–H groups in total. The number of fused-ring (bicyclic) bond motifs is 5. The van der Waals surface area contributed by atoms with Crippen LogP contribution in [0.5, 0.6) is 0 Å². The highest BCUT2D eigenvalue weighted by atomic mass is 14.9. The molecule has 9 aromatic carbocycles. The van der Waals surface area contributed by atoms with Gasteiger partial charge in [0.05, 0.1) is 17.1 Å². The van der Waals surface area contributed by atoms with E-state index in [4.69, 9.17) is 15.0 Å². The summed E-state index contributed by atoms with van der Waals surface area (Å²) in [4.78, 5) is 15.3. The summed E-state index contributed by atoms with van der Waals surface area (Å²) in [5.41, 5.74) is 11.4. The minimum Gasteiger partial charge on any atom is -0.256 e. The first-order valence-electron chi connectivity index (χ1n) is 19.7. The lowest BCUT2D eigenvalue weighted by Crippen LogP contribution is -1.98. The van der Waals surface area contributed by atoms with Crippen LogP contribution in [0.2, 0.25) is 0 Å². The lowest BCUT2D eigenvalue weighted by atomic mass is 9.83. The van der Waals surface area contributed by atoms with E-state index in [1.807, 2.05) is 30.5 Å². The maximum Gasteiger partial charge on any atom is 0.160 e. The lowest BCUT2D eigenvalue weighted by molar-refractivity contribution is 1.18. The minimum absolute atomic E-state index is 0.668. The van der Waals surface area contributed by atoms with Crippen molar-refractivity contribution in [3.63, 3.8) is 0 Å². The van der Waals surface area contributed by atoms with Gasteiger partial charge in [-0.15, -0.1) is 0 Å². The van der Waals surface area contributed by atoms with Crippen molar-refractivity contribution < 1.29 is 0 Å². The SMILES string of the molecule is c1ccc(-c2cc(-c3ccccc3-c3ccccn3)nc(-c3cccc(-c4c5ccccc5c(-c5cc6ccccc6c6ccccc56)c5ccccc45)c3)n2)cc1. The maximum atomic E-state index is 5.31. The third-order valence-electron chi connectivity index (χ3n) is 11.3. The van der Waals surface area contributed by atoms with Gasteiger partial charge in [0.25, 0.3) is 0 Å². The fourth-order valence-electron chi connectivity index (χ4n) is 8.73. The summed E-state index contributed by atoms with van der Waals surface area (Å²) in [7, 11) is 0. The number of benzene rings is 9. The second-order valence-electron chi connectivity index (χ2n) is 14.7. The Morgan fingerprint density at radius 2 is 0.810 bits per heavy atom. The highest BCUT2D eigenvalue weighted by molar-refractivity contribution is 6.25. The van der Waals surface area contributed by atoms with Crippen LogP contribution < -0.4 is 0 Å². The first-order chi connectivity index (χ1) is 28.8. The van der Waals surface area contributed by atoms with Gasteiger partial charge in [-0.1, -0.05) is 176 Å². The van der Waals surface area contributed by atoms with E-state index in [1.54, 1.807) is 0 Å². The third-order valence-corrected chi connectivity index (χ3v) is 11.3. The van der Waals surface area contributed by atoms with Gasteiger partial charge in [-0.2, -0.15) is 0 Å². The molecule has 270 valence electrons. The van der Waals surface area contributed by atoms with Crippen molar-refractivity contribution in [2.24, 2.45) is 0 Å². The quantitative estimate of drug-likeness (QED) is 0.126. The molecule has 0 saturated heterocycles. The van der Waals surface area contributed by atoms with Crippen LogP contribution in [-0.2, 0) is 0 Å². The summed E-state index contributed by atoms with van der Waals surface area (Å²) in [5.74, 6) is 0.668. The molecule has 0 atom stereocenters. The Balaban J connectivity index is 1.14. The molecule has 0 saturated carbocycles. The van der Waals surface area contributed by atoms with Gasteiger partial charge >= 0.3 is 0 Å². The van der Waals surface area contributed by atoms with E-state index in [9.17, 15) is 0 Å². The molecule has 58 heavy (non-hydrogen) atoms. The average Bonchev–Trinajstić information content (AvgIpc) is 3.31. The number of rotatable bonds is 6. The van der Waals surface area contributed by atoms with Crippen molar-refractivity contribution in [1.82, 2.24) is 15.0 Å².